The lowest BCUT2D eigenvalue weighted by Gasteiger charge is -2.23. The molecule has 1 saturated heterocycles. The minimum Gasteiger partial charge on any atom is -0.494 e. The predicted molar refractivity (Wildman–Crippen MR) is 75.3 cm³/mol. The molecule has 1 aliphatic heterocycles. The lowest BCUT2D eigenvalue weighted by Crippen LogP contribution is -2.46. The van der Waals surface area contributed by atoms with E-state index in [0.29, 0.717) is 13.0 Å². The number of piperidine rings is 1. The lowest BCUT2D eigenvalue weighted by atomic mass is 10.1. The summed E-state index contributed by atoms with van der Waals surface area (Å²) in [4.78, 5) is 11.9. The van der Waals surface area contributed by atoms with Crippen molar-refractivity contribution in [1.82, 2.24) is 10.6 Å². The second kappa shape index (κ2) is 7.14. The Morgan fingerprint density at radius 2 is 2.21 bits per heavy atom. The van der Waals surface area contributed by atoms with Crippen molar-refractivity contribution in [3.63, 3.8) is 0 Å². The summed E-state index contributed by atoms with van der Waals surface area (Å²) in [5, 5.41) is 6.37. The van der Waals surface area contributed by atoms with Crippen LogP contribution in [0.15, 0.2) is 24.3 Å². The molecular formula is C15H22N2O2. The highest BCUT2D eigenvalue weighted by atomic mass is 16.5. The monoisotopic (exact) mass is 262 g/mol. The summed E-state index contributed by atoms with van der Waals surface area (Å²) in [5.41, 5.74) is 1.02. The summed E-state index contributed by atoms with van der Waals surface area (Å²) in [7, 11) is 0. The SMILES string of the molecule is CCOc1ccc(CC(=O)NC2CCCNC2)cc1. The summed E-state index contributed by atoms with van der Waals surface area (Å²) in [6, 6.07) is 8.00. The fourth-order valence-electron chi connectivity index (χ4n) is 2.31. The molecule has 4 heteroatoms. The minimum atomic E-state index is 0.0952. The summed E-state index contributed by atoms with van der Waals surface area (Å²) in [5.74, 6) is 0.945. The van der Waals surface area contributed by atoms with Crippen LogP contribution in [0.5, 0.6) is 5.75 Å². The fraction of sp³-hybridized carbons (Fsp3) is 0.533. The molecule has 1 atom stereocenters. The van der Waals surface area contributed by atoms with E-state index in [9.17, 15) is 4.79 Å². The Labute approximate surface area is 114 Å². The molecule has 1 amide bonds. The van der Waals surface area contributed by atoms with Gasteiger partial charge in [0.1, 0.15) is 5.75 Å². The first-order chi connectivity index (χ1) is 9.28. The molecule has 19 heavy (non-hydrogen) atoms. The van der Waals surface area contributed by atoms with Crippen molar-refractivity contribution in [3.8, 4) is 5.75 Å². The Bertz CT molecular complexity index is 397. The lowest BCUT2D eigenvalue weighted by molar-refractivity contribution is -0.121. The van der Waals surface area contributed by atoms with E-state index in [0.717, 1.165) is 37.2 Å². The van der Waals surface area contributed by atoms with Crippen molar-refractivity contribution in [2.24, 2.45) is 0 Å². The molecule has 0 bridgehead atoms. The first-order valence-corrected chi connectivity index (χ1v) is 6.99. The number of benzene rings is 1. The van der Waals surface area contributed by atoms with Gasteiger partial charge in [-0.3, -0.25) is 4.79 Å². The highest BCUT2D eigenvalue weighted by Gasteiger charge is 2.15. The van der Waals surface area contributed by atoms with E-state index in [4.69, 9.17) is 4.74 Å². The van der Waals surface area contributed by atoms with Crippen LogP contribution in [-0.4, -0.2) is 31.6 Å². The molecule has 1 aromatic carbocycles. The maximum atomic E-state index is 11.9. The molecular weight excluding hydrogens is 240 g/mol. The van der Waals surface area contributed by atoms with Gasteiger partial charge >= 0.3 is 0 Å². The molecule has 1 heterocycles. The van der Waals surface area contributed by atoms with Gasteiger partial charge in [0.15, 0.2) is 0 Å². The van der Waals surface area contributed by atoms with Crippen LogP contribution in [0, 0.1) is 0 Å². The molecule has 2 N–H and O–H groups in total. The summed E-state index contributed by atoms with van der Waals surface area (Å²) in [6.07, 6.45) is 2.64. The van der Waals surface area contributed by atoms with Crippen molar-refractivity contribution in [2.75, 3.05) is 19.7 Å². The van der Waals surface area contributed by atoms with Crippen LogP contribution in [0.4, 0.5) is 0 Å². The van der Waals surface area contributed by atoms with Crippen LogP contribution in [0.25, 0.3) is 0 Å². The van der Waals surface area contributed by atoms with Crippen LogP contribution in [0.3, 0.4) is 0 Å². The normalized spacial score (nSPS) is 18.9. The number of carbonyl (C=O) groups is 1. The van der Waals surface area contributed by atoms with Crippen molar-refractivity contribution >= 4 is 5.91 Å². The third-order valence-electron chi connectivity index (χ3n) is 3.26. The van der Waals surface area contributed by atoms with E-state index >= 15 is 0 Å². The van der Waals surface area contributed by atoms with E-state index in [-0.39, 0.29) is 11.9 Å². The number of hydrogen-bond donors (Lipinski definition) is 2. The zero-order valence-corrected chi connectivity index (χ0v) is 11.4. The average molecular weight is 262 g/mol. The molecule has 0 aliphatic carbocycles. The minimum absolute atomic E-state index is 0.0952. The second-order valence-corrected chi connectivity index (χ2v) is 4.86. The van der Waals surface area contributed by atoms with Gasteiger partial charge in [0, 0.05) is 12.6 Å². The van der Waals surface area contributed by atoms with Crippen LogP contribution in [0.1, 0.15) is 25.3 Å². The number of carbonyl (C=O) groups excluding carboxylic acids is 1. The molecule has 1 aromatic rings. The quantitative estimate of drug-likeness (QED) is 0.845. The zero-order chi connectivity index (χ0) is 13.5. The molecule has 0 spiro atoms. The van der Waals surface area contributed by atoms with Gasteiger partial charge in [-0.05, 0) is 44.0 Å². The van der Waals surface area contributed by atoms with Gasteiger partial charge in [0.05, 0.1) is 13.0 Å². The van der Waals surface area contributed by atoms with E-state index in [2.05, 4.69) is 10.6 Å². The van der Waals surface area contributed by atoms with Crippen LogP contribution in [-0.2, 0) is 11.2 Å². The Morgan fingerprint density at radius 3 is 2.84 bits per heavy atom. The van der Waals surface area contributed by atoms with Crippen molar-refractivity contribution in [1.29, 1.82) is 0 Å². The first kappa shape index (κ1) is 13.9. The molecule has 0 radical (unpaired) electrons. The molecule has 1 aliphatic rings. The highest BCUT2D eigenvalue weighted by molar-refractivity contribution is 5.78. The van der Waals surface area contributed by atoms with Gasteiger partial charge in [-0.1, -0.05) is 12.1 Å². The van der Waals surface area contributed by atoms with E-state index in [1.165, 1.54) is 0 Å². The van der Waals surface area contributed by atoms with Crippen LogP contribution < -0.4 is 15.4 Å². The Kier molecular flexibility index (Phi) is 5.21. The predicted octanol–water partition coefficient (Wildman–Crippen LogP) is 1.50. The van der Waals surface area contributed by atoms with Gasteiger partial charge in [-0.25, -0.2) is 0 Å². The molecule has 2 rings (SSSR count). The zero-order valence-electron chi connectivity index (χ0n) is 11.4. The van der Waals surface area contributed by atoms with Gasteiger partial charge in [-0.2, -0.15) is 0 Å². The van der Waals surface area contributed by atoms with Gasteiger partial charge in [0.25, 0.3) is 0 Å². The number of ether oxygens (including phenoxy) is 1. The second-order valence-electron chi connectivity index (χ2n) is 4.86. The molecule has 0 aromatic heterocycles. The number of amides is 1. The van der Waals surface area contributed by atoms with Crippen molar-refractivity contribution in [3.05, 3.63) is 29.8 Å². The number of nitrogens with one attached hydrogen (secondary N) is 2. The Hall–Kier alpha value is -1.55. The third-order valence-corrected chi connectivity index (χ3v) is 3.26. The molecule has 4 nitrogen and oxygen atoms in total. The summed E-state index contributed by atoms with van der Waals surface area (Å²) >= 11 is 0. The highest BCUT2D eigenvalue weighted by Crippen LogP contribution is 2.12. The Morgan fingerprint density at radius 1 is 1.42 bits per heavy atom. The van der Waals surface area contributed by atoms with Gasteiger partial charge in [-0.15, -0.1) is 0 Å². The fourth-order valence-corrected chi connectivity index (χ4v) is 2.31. The summed E-state index contributed by atoms with van der Waals surface area (Å²) < 4.78 is 5.38. The topological polar surface area (TPSA) is 50.4 Å². The van der Waals surface area contributed by atoms with Crippen molar-refractivity contribution < 1.29 is 9.53 Å². The van der Waals surface area contributed by atoms with E-state index in [1.54, 1.807) is 0 Å². The largest absolute Gasteiger partial charge is 0.494 e. The molecule has 1 unspecified atom stereocenters. The molecule has 0 saturated carbocycles. The third kappa shape index (κ3) is 4.56. The smallest absolute Gasteiger partial charge is 0.224 e. The van der Waals surface area contributed by atoms with Crippen LogP contribution in [0.2, 0.25) is 0 Å². The summed E-state index contributed by atoms with van der Waals surface area (Å²) in [6.45, 7) is 4.56. The van der Waals surface area contributed by atoms with Gasteiger partial charge < -0.3 is 15.4 Å². The maximum Gasteiger partial charge on any atom is 0.224 e. The first-order valence-electron chi connectivity index (χ1n) is 6.99. The average Bonchev–Trinajstić information content (AvgIpc) is 2.42. The van der Waals surface area contributed by atoms with Crippen molar-refractivity contribution in [2.45, 2.75) is 32.2 Å². The standard InChI is InChI=1S/C15H22N2O2/c1-2-19-14-7-5-12(6-8-14)10-15(18)17-13-4-3-9-16-11-13/h5-8,13,16H,2-4,9-11H2,1H3,(H,17,18). The maximum absolute atomic E-state index is 11.9. The number of rotatable bonds is 5. The molecule has 104 valence electrons. The molecule has 1 fully saturated rings. The van der Waals surface area contributed by atoms with E-state index < -0.39 is 0 Å². The van der Waals surface area contributed by atoms with E-state index in [1.807, 2.05) is 31.2 Å². The Balaban J connectivity index is 1.80. The van der Waals surface area contributed by atoms with Gasteiger partial charge in [0.2, 0.25) is 5.91 Å². The number of hydrogen-bond acceptors (Lipinski definition) is 3. The van der Waals surface area contributed by atoms with Crippen LogP contribution >= 0.6 is 0 Å².